The minimum atomic E-state index is 0.548. The van der Waals surface area contributed by atoms with E-state index >= 15 is 0 Å². The fourth-order valence-electron chi connectivity index (χ4n) is 4.04. The van der Waals surface area contributed by atoms with Crippen molar-refractivity contribution >= 4 is 0 Å². The lowest BCUT2D eigenvalue weighted by atomic mass is 9.86. The number of rotatable bonds is 3. The van der Waals surface area contributed by atoms with E-state index in [1.165, 1.54) is 64.7 Å². The van der Waals surface area contributed by atoms with E-state index in [9.17, 15) is 0 Å². The summed E-state index contributed by atoms with van der Waals surface area (Å²) < 4.78 is 5.40. The average molecular weight is 266 g/mol. The van der Waals surface area contributed by atoms with Crippen LogP contribution >= 0.6 is 0 Å². The van der Waals surface area contributed by atoms with Crippen molar-refractivity contribution in [3.63, 3.8) is 0 Å². The van der Waals surface area contributed by atoms with Crippen LogP contribution in [0.2, 0.25) is 0 Å². The number of piperidine rings is 2. The van der Waals surface area contributed by atoms with Crippen molar-refractivity contribution in [1.82, 2.24) is 9.80 Å². The molecule has 0 aromatic rings. The lowest BCUT2D eigenvalue weighted by Crippen LogP contribution is -2.54. The smallest absolute Gasteiger partial charge is 0.0601 e. The van der Waals surface area contributed by atoms with Gasteiger partial charge in [-0.1, -0.05) is 6.92 Å². The lowest BCUT2D eigenvalue weighted by molar-refractivity contribution is -0.0410. The minimum Gasteiger partial charge on any atom is -0.381 e. The summed E-state index contributed by atoms with van der Waals surface area (Å²) in [5, 5.41) is 0. The molecule has 3 nitrogen and oxygen atoms in total. The predicted octanol–water partition coefficient (Wildman–Crippen LogP) is 2.36. The van der Waals surface area contributed by atoms with Gasteiger partial charge in [-0.05, 0) is 70.6 Å². The van der Waals surface area contributed by atoms with Gasteiger partial charge in [0.15, 0.2) is 0 Å². The molecular weight excluding hydrogens is 236 g/mol. The second-order valence-electron chi connectivity index (χ2n) is 6.97. The van der Waals surface area contributed by atoms with E-state index in [4.69, 9.17) is 4.74 Å². The first-order valence-corrected chi connectivity index (χ1v) is 8.27. The van der Waals surface area contributed by atoms with Crippen molar-refractivity contribution in [3.8, 4) is 0 Å². The zero-order valence-corrected chi connectivity index (χ0v) is 12.7. The molecule has 0 amide bonds. The van der Waals surface area contributed by atoms with Gasteiger partial charge in [-0.3, -0.25) is 0 Å². The zero-order chi connectivity index (χ0) is 13.2. The quantitative estimate of drug-likeness (QED) is 0.780. The number of likely N-dealkylation sites (tertiary alicyclic amines) is 2. The average Bonchev–Trinajstić information content (AvgIpc) is 2.39. The molecule has 110 valence electrons. The number of ether oxygens (including phenoxy) is 1. The fraction of sp³-hybridized carbons (Fsp3) is 1.00. The zero-order valence-electron chi connectivity index (χ0n) is 12.7. The maximum atomic E-state index is 5.40. The normalized spacial score (nSPS) is 36.3. The Labute approximate surface area is 118 Å². The molecule has 0 bridgehead atoms. The molecule has 0 aromatic heterocycles. The SMILES string of the molecule is COC1CC(N2CCC(N3CCC(C)CC3)CC2)C1. The van der Waals surface area contributed by atoms with Gasteiger partial charge in [0.1, 0.15) is 0 Å². The molecule has 0 atom stereocenters. The first kappa shape index (κ1) is 13.8. The first-order valence-electron chi connectivity index (χ1n) is 8.27. The van der Waals surface area contributed by atoms with Crippen molar-refractivity contribution in [3.05, 3.63) is 0 Å². The van der Waals surface area contributed by atoms with E-state index in [-0.39, 0.29) is 0 Å². The van der Waals surface area contributed by atoms with E-state index in [0.29, 0.717) is 6.10 Å². The molecule has 1 aliphatic carbocycles. The lowest BCUT2D eigenvalue weighted by Gasteiger charge is -2.47. The molecule has 3 heteroatoms. The third kappa shape index (κ3) is 3.14. The molecule has 19 heavy (non-hydrogen) atoms. The highest BCUT2D eigenvalue weighted by molar-refractivity contribution is 4.91. The highest BCUT2D eigenvalue weighted by atomic mass is 16.5. The van der Waals surface area contributed by atoms with Crippen LogP contribution in [-0.2, 0) is 4.74 Å². The van der Waals surface area contributed by atoms with Gasteiger partial charge in [-0.2, -0.15) is 0 Å². The monoisotopic (exact) mass is 266 g/mol. The maximum absolute atomic E-state index is 5.40. The highest BCUT2D eigenvalue weighted by Gasteiger charge is 2.36. The molecule has 0 N–H and O–H groups in total. The van der Waals surface area contributed by atoms with Crippen LogP contribution < -0.4 is 0 Å². The van der Waals surface area contributed by atoms with Crippen molar-refractivity contribution in [2.24, 2.45) is 5.92 Å². The van der Waals surface area contributed by atoms with Crippen LogP contribution in [0, 0.1) is 5.92 Å². The summed E-state index contributed by atoms with van der Waals surface area (Å²) >= 11 is 0. The molecule has 2 saturated heterocycles. The third-order valence-electron chi connectivity index (χ3n) is 5.75. The summed E-state index contributed by atoms with van der Waals surface area (Å²) in [6.07, 6.45) is 8.69. The summed E-state index contributed by atoms with van der Waals surface area (Å²) in [6.45, 7) is 7.74. The van der Waals surface area contributed by atoms with Crippen LogP contribution in [-0.4, -0.2) is 61.3 Å². The fourth-order valence-corrected chi connectivity index (χ4v) is 4.04. The molecule has 2 aliphatic heterocycles. The first-order chi connectivity index (χ1) is 9.26. The van der Waals surface area contributed by atoms with Crippen LogP contribution in [0.25, 0.3) is 0 Å². The third-order valence-corrected chi connectivity index (χ3v) is 5.75. The van der Waals surface area contributed by atoms with Gasteiger partial charge < -0.3 is 14.5 Å². The molecule has 2 heterocycles. The summed E-state index contributed by atoms with van der Waals surface area (Å²) in [4.78, 5) is 5.49. The Hall–Kier alpha value is -0.120. The number of nitrogens with zero attached hydrogens (tertiary/aromatic N) is 2. The summed E-state index contributed by atoms with van der Waals surface area (Å²) in [6, 6.07) is 1.70. The molecule has 3 fully saturated rings. The molecule has 3 aliphatic rings. The Morgan fingerprint density at radius 1 is 0.789 bits per heavy atom. The van der Waals surface area contributed by atoms with Gasteiger partial charge in [0, 0.05) is 19.2 Å². The van der Waals surface area contributed by atoms with E-state index in [1.807, 2.05) is 7.11 Å². The number of hydrogen-bond donors (Lipinski definition) is 0. The largest absolute Gasteiger partial charge is 0.381 e. The summed E-state index contributed by atoms with van der Waals surface area (Å²) in [5.74, 6) is 0.956. The Morgan fingerprint density at radius 2 is 1.32 bits per heavy atom. The van der Waals surface area contributed by atoms with E-state index in [0.717, 1.165) is 18.0 Å². The molecule has 1 saturated carbocycles. The van der Waals surface area contributed by atoms with Crippen molar-refractivity contribution in [2.75, 3.05) is 33.3 Å². The van der Waals surface area contributed by atoms with Crippen LogP contribution in [0.5, 0.6) is 0 Å². The molecule has 0 radical (unpaired) electrons. The standard InChI is InChI=1S/C16H30N2O/c1-13-3-7-17(8-4-13)14-5-9-18(10-6-14)15-11-16(12-15)19-2/h13-16H,3-12H2,1-2H3. The van der Waals surface area contributed by atoms with Crippen LogP contribution in [0.1, 0.15) is 45.4 Å². The van der Waals surface area contributed by atoms with Crippen LogP contribution in [0.4, 0.5) is 0 Å². The van der Waals surface area contributed by atoms with Crippen molar-refractivity contribution < 1.29 is 4.74 Å². The van der Waals surface area contributed by atoms with Crippen LogP contribution in [0.15, 0.2) is 0 Å². The van der Waals surface area contributed by atoms with E-state index in [2.05, 4.69) is 16.7 Å². The Balaban J connectivity index is 1.40. The topological polar surface area (TPSA) is 15.7 Å². The minimum absolute atomic E-state index is 0.548. The second kappa shape index (κ2) is 6.11. The van der Waals surface area contributed by atoms with E-state index < -0.39 is 0 Å². The van der Waals surface area contributed by atoms with Crippen molar-refractivity contribution in [1.29, 1.82) is 0 Å². The van der Waals surface area contributed by atoms with Gasteiger partial charge >= 0.3 is 0 Å². The number of methoxy groups -OCH3 is 1. The second-order valence-corrected chi connectivity index (χ2v) is 6.97. The molecule has 3 rings (SSSR count). The Bertz CT molecular complexity index is 274. The maximum Gasteiger partial charge on any atom is 0.0601 e. The highest BCUT2D eigenvalue weighted by Crippen LogP contribution is 2.31. The van der Waals surface area contributed by atoms with Crippen LogP contribution in [0.3, 0.4) is 0 Å². The van der Waals surface area contributed by atoms with Crippen molar-refractivity contribution in [2.45, 2.75) is 63.6 Å². The predicted molar refractivity (Wildman–Crippen MR) is 78.4 cm³/mol. The molecule has 0 aromatic carbocycles. The van der Waals surface area contributed by atoms with Gasteiger partial charge in [0.05, 0.1) is 6.10 Å². The van der Waals surface area contributed by atoms with Gasteiger partial charge in [0.2, 0.25) is 0 Å². The Kier molecular flexibility index (Phi) is 4.45. The van der Waals surface area contributed by atoms with Gasteiger partial charge in [0.25, 0.3) is 0 Å². The molecule has 0 unspecified atom stereocenters. The summed E-state index contributed by atoms with van der Waals surface area (Å²) in [7, 11) is 1.85. The van der Waals surface area contributed by atoms with E-state index in [1.54, 1.807) is 0 Å². The number of hydrogen-bond acceptors (Lipinski definition) is 3. The molecule has 0 spiro atoms. The van der Waals surface area contributed by atoms with Gasteiger partial charge in [-0.25, -0.2) is 0 Å². The van der Waals surface area contributed by atoms with Gasteiger partial charge in [-0.15, -0.1) is 0 Å². The Morgan fingerprint density at radius 3 is 1.89 bits per heavy atom. The molecular formula is C16H30N2O. The summed E-state index contributed by atoms with van der Waals surface area (Å²) in [5.41, 5.74) is 0.